The van der Waals surface area contributed by atoms with Crippen molar-refractivity contribution in [1.29, 1.82) is 0 Å². The predicted molar refractivity (Wildman–Crippen MR) is 90.5 cm³/mol. The zero-order chi connectivity index (χ0) is 16.4. The fraction of sp³-hybridized carbons (Fsp3) is 0.125. The van der Waals surface area contributed by atoms with E-state index in [2.05, 4.69) is 10.3 Å². The van der Waals surface area contributed by atoms with Gasteiger partial charge in [-0.15, -0.1) is 0 Å². The van der Waals surface area contributed by atoms with E-state index in [0.717, 1.165) is 5.69 Å². The summed E-state index contributed by atoms with van der Waals surface area (Å²) in [5.74, 6) is 0.201. The average molecular weight is 350 g/mol. The van der Waals surface area contributed by atoms with Crippen molar-refractivity contribution in [2.45, 2.75) is 6.92 Å². The largest absolute Gasteiger partial charge is 0.480 e. The van der Waals surface area contributed by atoms with E-state index in [1.54, 1.807) is 24.3 Å². The minimum atomic E-state index is -0.334. The molecule has 118 valence electrons. The molecule has 1 amide bonds. The summed E-state index contributed by atoms with van der Waals surface area (Å²) in [6.07, 6.45) is 3.75. The Hall–Kier alpha value is -2.24. The van der Waals surface area contributed by atoms with Gasteiger partial charge in [0.05, 0.1) is 16.4 Å². The number of amides is 1. The molecule has 1 N–H and O–H groups in total. The summed E-state index contributed by atoms with van der Waals surface area (Å²) in [7, 11) is 0. The summed E-state index contributed by atoms with van der Waals surface area (Å²) >= 11 is 11.9. The lowest BCUT2D eigenvalue weighted by molar-refractivity contribution is -0.118. The number of carbonyl (C=O) groups is 1. The van der Waals surface area contributed by atoms with E-state index in [9.17, 15) is 4.79 Å². The number of fused-ring (bicyclic) bond motifs is 1. The number of benzene rings is 1. The number of pyridine rings is 1. The van der Waals surface area contributed by atoms with Crippen LogP contribution in [-0.4, -0.2) is 21.9 Å². The number of rotatable bonds is 4. The summed E-state index contributed by atoms with van der Waals surface area (Å²) in [6.45, 7) is 1.74. The second-order valence-corrected chi connectivity index (χ2v) is 5.79. The molecule has 2 aromatic heterocycles. The molecule has 0 aliphatic rings. The van der Waals surface area contributed by atoms with Gasteiger partial charge in [-0.3, -0.25) is 4.79 Å². The standard InChI is InChI=1S/C16H13Cl2N3O2/c1-10-8-21-6-2-3-14(16(21)19-10)23-9-15(22)20-13-7-11(17)4-5-12(13)18/h2-8H,9H2,1H3,(H,20,22). The maximum absolute atomic E-state index is 12.0. The maximum Gasteiger partial charge on any atom is 0.262 e. The first kappa shape index (κ1) is 15.6. The molecule has 0 saturated heterocycles. The Bertz CT molecular complexity index is 877. The molecule has 5 nitrogen and oxygen atoms in total. The number of aromatic nitrogens is 2. The molecule has 0 aliphatic heterocycles. The van der Waals surface area contributed by atoms with Crippen LogP contribution in [0.1, 0.15) is 5.69 Å². The van der Waals surface area contributed by atoms with Crippen LogP contribution in [0, 0.1) is 6.92 Å². The van der Waals surface area contributed by atoms with Crippen molar-refractivity contribution in [3.8, 4) is 5.75 Å². The number of anilines is 1. The molecule has 0 fully saturated rings. The van der Waals surface area contributed by atoms with Gasteiger partial charge in [-0.2, -0.15) is 0 Å². The molecule has 3 rings (SSSR count). The lowest BCUT2D eigenvalue weighted by atomic mass is 10.3. The number of nitrogens with zero attached hydrogens (tertiary/aromatic N) is 2. The van der Waals surface area contributed by atoms with Crippen LogP contribution in [0.25, 0.3) is 5.65 Å². The van der Waals surface area contributed by atoms with Gasteiger partial charge in [0.15, 0.2) is 18.0 Å². The van der Waals surface area contributed by atoms with E-state index >= 15 is 0 Å². The number of halogens is 2. The van der Waals surface area contributed by atoms with Crippen molar-refractivity contribution in [1.82, 2.24) is 9.38 Å². The third-order valence-electron chi connectivity index (χ3n) is 3.13. The van der Waals surface area contributed by atoms with E-state index < -0.39 is 0 Å². The number of aryl methyl sites for hydroxylation is 1. The Labute approximate surface area is 142 Å². The third kappa shape index (κ3) is 3.57. The van der Waals surface area contributed by atoms with Crippen LogP contribution < -0.4 is 10.1 Å². The van der Waals surface area contributed by atoms with Crippen LogP contribution >= 0.6 is 23.2 Å². The number of carbonyl (C=O) groups excluding carboxylic acids is 1. The predicted octanol–water partition coefficient (Wildman–Crippen LogP) is 3.97. The first-order valence-corrected chi connectivity index (χ1v) is 7.60. The number of hydrogen-bond acceptors (Lipinski definition) is 3. The van der Waals surface area contributed by atoms with Gasteiger partial charge in [-0.25, -0.2) is 4.98 Å². The second-order valence-electron chi connectivity index (χ2n) is 4.95. The first-order chi connectivity index (χ1) is 11.0. The molecule has 0 saturated carbocycles. The maximum atomic E-state index is 12.0. The zero-order valence-corrected chi connectivity index (χ0v) is 13.7. The topological polar surface area (TPSA) is 55.6 Å². The van der Waals surface area contributed by atoms with Crippen LogP contribution in [0.15, 0.2) is 42.7 Å². The van der Waals surface area contributed by atoms with E-state index in [0.29, 0.717) is 27.1 Å². The molecule has 2 heterocycles. The van der Waals surface area contributed by atoms with E-state index in [1.165, 1.54) is 0 Å². The van der Waals surface area contributed by atoms with Crippen LogP contribution in [0.2, 0.25) is 10.0 Å². The third-order valence-corrected chi connectivity index (χ3v) is 3.69. The minimum Gasteiger partial charge on any atom is -0.480 e. The van der Waals surface area contributed by atoms with Gasteiger partial charge in [-0.05, 0) is 37.3 Å². The molecule has 1 aromatic carbocycles. The van der Waals surface area contributed by atoms with Gasteiger partial charge in [0.1, 0.15) is 0 Å². The fourth-order valence-corrected chi connectivity index (χ4v) is 2.48. The van der Waals surface area contributed by atoms with Crippen molar-refractivity contribution in [3.05, 3.63) is 58.5 Å². The van der Waals surface area contributed by atoms with Gasteiger partial charge in [0.25, 0.3) is 5.91 Å². The summed E-state index contributed by atoms with van der Waals surface area (Å²) in [6, 6.07) is 8.45. The smallest absolute Gasteiger partial charge is 0.262 e. The molecule has 7 heteroatoms. The van der Waals surface area contributed by atoms with Gasteiger partial charge in [0, 0.05) is 17.4 Å². The van der Waals surface area contributed by atoms with Crippen LogP contribution in [0.5, 0.6) is 5.75 Å². The molecule has 23 heavy (non-hydrogen) atoms. The molecule has 0 spiro atoms. The zero-order valence-electron chi connectivity index (χ0n) is 12.2. The molecule has 0 aliphatic carbocycles. The molecule has 3 aromatic rings. The first-order valence-electron chi connectivity index (χ1n) is 6.85. The Morgan fingerprint density at radius 3 is 3.00 bits per heavy atom. The lowest BCUT2D eigenvalue weighted by Gasteiger charge is -2.09. The average Bonchev–Trinajstić information content (AvgIpc) is 2.89. The molecular formula is C16H13Cl2N3O2. The molecule has 0 unspecified atom stereocenters. The highest BCUT2D eigenvalue weighted by Crippen LogP contribution is 2.25. The van der Waals surface area contributed by atoms with Crippen LogP contribution in [-0.2, 0) is 4.79 Å². The van der Waals surface area contributed by atoms with Crippen LogP contribution in [0.4, 0.5) is 5.69 Å². The SMILES string of the molecule is Cc1cn2cccc(OCC(=O)Nc3cc(Cl)ccc3Cl)c2n1. The Balaban J connectivity index is 1.70. The lowest BCUT2D eigenvalue weighted by Crippen LogP contribution is -2.20. The summed E-state index contributed by atoms with van der Waals surface area (Å²) < 4.78 is 7.41. The van der Waals surface area contributed by atoms with Crippen molar-refractivity contribution in [3.63, 3.8) is 0 Å². The Kier molecular flexibility index (Phi) is 4.41. The highest BCUT2D eigenvalue weighted by molar-refractivity contribution is 6.35. The van der Waals surface area contributed by atoms with E-state index in [-0.39, 0.29) is 12.5 Å². The number of ether oxygens (including phenoxy) is 1. The van der Waals surface area contributed by atoms with E-state index in [4.69, 9.17) is 27.9 Å². The molecule has 0 bridgehead atoms. The summed E-state index contributed by atoms with van der Waals surface area (Å²) in [5, 5.41) is 3.57. The van der Waals surface area contributed by atoms with Crippen molar-refractivity contribution < 1.29 is 9.53 Å². The molecule has 0 atom stereocenters. The normalized spacial score (nSPS) is 10.7. The number of nitrogens with one attached hydrogen (secondary N) is 1. The summed E-state index contributed by atoms with van der Waals surface area (Å²) in [4.78, 5) is 16.4. The van der Waals surface area contributed by atoms with Crippen molar-refractivity contribution in [2.75, 3.05) is 11.9 Å². The summed E-state index contributed by atoms with van der Waals surface area (Å²) in [5.41, 5.74) is 1.98. The van der Waals surface area contributed by atoms with Crippen molar-refractivity contribution >= 4 is 40.4 Å². The van der Waals surface area contributed by atoms with Gasteiger partial charge >= 0.3 is 0 Å². The quantitative estimate of drug-likeness (QED) is 0.775. The highest BCUT2D eigenvalue weighted by Gasteiger charge is 2.10. The fourth-order valence-electron chi connectivity index (χ4n) is 2.15. The van der Waals surface area contributed by atoms with Gasteiger partial charge in [-0.1, -0.05) is 23.2 Å². The molecular weight excluding hydrogens is 337 g/mol. The van der Waals surface area contributed by atoms with Gasteiger partial charge < -0.3 is 14.5 Å². The van der Waals surface area contributed by atoms with Crippen molar-refractivity contribution in [2.24, 2.45) is 0 Å². The Morgan fingerprint density at radius 2 is 2.17 bits per heavy atom. The Morgan fingerprint density at radius 1 is 1.35 bits per heavy atom. The number of hydrogen-bond donors (Lipinski definition) is 1. The molecule has 0 radical (unpaired) electrons. The van der Waals surface area contributed by atoms with Gasteiger partial charge in [0.2, 0.25) is 0 Å². The highest BCUT2D eigenvalue weighted by atomic mass is 35.5. The van der Waals surface area contributed by atoms with E-state index in [1.807, 2.05) is 29.8 Å². The van der Waals surface area contributed by atoms with Crippen LogP contribution in [0.3, 0.4) is 0 Å². The monoisotopic (exact) mass is 349 g/mol. The second kappa shape index (κ2) is 6.48. The number of imidazole rings is 1. The minimum absolute atomic E-state index is 0.158.